The van der Waals surface area contributed by atoms with Gasteiger partial charge in [-0.25, -0.2) is 0 Å². The normalized spacial score (nSPS) is 10.3. The Labute approximate surface area is 123 Å². The molecule has 0 bridgehead atoms. The van der Waals surface area contributed by atoms with E-state index in [9.17, 15) is 14.5 Å². The number of nitro groups is 1. The smallest absolute Gasteiger partial charge is 0.328 e. The molecule has 21 heavy (non-hydrogen) atoms. The molecule has 110 valence electrons. The van der Waals surface area contributed by atoms with Gasteiger partial charge in [0.2, 0.25) is 17.0 Å². The maximum atomic E-state index is 13.5. The first kappa shape index (κ1) is 14.9. The van der Waals surface area contributed by atoms with E-state index in [-0.39, 0.29) is 23.0 Å². The maximum Gasteiger partial charge on any atom is 0.328 e. The molecule has 0 unspecified atom stereocenters. The van der Waals surface area contributed by atoms with E-state index >= 15 is 0 Å². The number of hydrogen-bond acceptors (Lipinski definition) is 7. The molecule has 0 spiro atoms. The van der Waals surface area contributed by atoms with Crippen molar-refractivity contribution in [2.75, 3.05) is 19.0 Å². The Morgan fingerprint density at radius 2 is 2.05 bits per heavy atom. The Balaban J connectivity index is 2.30. The fourth-order valence-corrected chi connectivity index (χ4v) is 1.52. The van der Waals surface area contributed by atoms with Gasteiger partial charge in [0.05, 0.1) is 4.92 Å². The zero-order valence-corrected chi connectivity index (χ0v) is 11.7. The number of hydrogen-bond donors (Lipinski definition) is 0. The van der Waals surface area contributed by atoms with Gasteiger partial charge in [0, 0.05) is 26.2 Å². The fraction of sp³-hybridized carbons (Fsp3) is 0.182. The van der Waals surface area contributed by atoms with Crippen LogP contribution in [0.2, 0.25) is 5.28 Å². The van der Waals surface area contributed by atoms with E-state index in [2.05, 4.69) is 15.0 Å². The first-order valence-electron chi connectivity index (χ1n) is 5.57. The van der Waals surface area contributed by atoms with E-state index in [0.29, 0.717) is 0 Å². The highest BCUT2D eigenvalue weighted by molar-refractivity contribution is 6.28. The summed E-state index contributed by atoms with van der Waals surface area (Å²) in [7, 11) is 3.39. The Kier molecular flexibility index (Phi) is 4.13. The second-order valence-corrected chi connectivity index (χ2v) is 4.39. The van der Waals surface area contributed by atoms with Gasteiger partial charge < -0.3 is 9.64 Å². The second-order valence-electron chi connectivity index (χ2n) is 4.05. The van der Waals surface area contributed by atoms with Crippen LogP contribution < -0.4 is 9.64 Å². The van der Waals surface area contributed by atoms with Crippen molar-refractivity contribution < 1.29 is 14.1 Å². The summed E-state index contributed by atoms with van der Waals surface area (Å²) >= 11 is 5.73. The standard InChI is InChI=1S/C11H9ClFN5O3/c1-17(2)10-14-9(12)15-11(16-10)21-6-3-4-8(18(19)20)7(13)5-6/h3-5H,1-2H3. The molecule has 8 nitrogen and oxygen atoms in total. The molecule has 1 heterocycles. The summed E-state index contributed by atoms with van der Waals surface area (Å²) in [6, 6.07) is 2.94. The van der Waals surface area contributed by atoms with Crippen LogP contribution in [0.4, 0.5) is 16.0 Å². The number of halogens is 2. The van der Waals surface area contributed by atoms with E-state index in [0.717, 1.165) is 12.1 Å². The average molecular weight is 314 g/mol. The molecule has 0 aliphatic heterocycles. The van der Waals surface area contributed by atoms with E-state index in [1.165, 1.54) is 6.07 Å². The quantitative estimate of drug-likeness (QED) is 0.632. The van der Waals surface area contributed by atoms with Crippen molar-refractivity contribution in [1.82, 2.24) is 15.0 Å². The molecule has 0 aliphatic carbocycles. The highest BCUT2D eigenvalue weighted by Gasteiger charge is 2.16. The minimum absolute atomic E-state index is 0.00470. The van der Waals surface area contributed by atoms with Crippen LogP contribution in [0.3, 0.4) is 0 Å². The van der Waals surface area contributed by atoms with Crippen molar-refractivity contribution in [3.05, 3.63) is 39.4 Å². The number of benzene rings is 1. The summed E-state index contributed by atoms with van der Waals surface area (Å²) in [4.78, 5) is 22.8. The maximum absolute atomic E-state index is 13.5. The van der Waals surface area contributed by atoms with E-state index in [1.54, 1.807) is 19.0 Å². The molecular formula is C11H9ClFN5O3. The van der Waals surface area contributed by atoms with Crippen molar-refractivity contribution in [3.8, 4) is 11.8 Å². The molecule has 0 amide bonds. The van der Waals surface area contributed by atoms with E-state index in [1.807, 2.05) is 0 Å². The van der Waals surface area contributed by atoms with Gasteiger partial charge in [0.15, 0.2) is 0 Å². The van der Waals surface area contributed by atoms with Gasteiger partial charge in [-0.05, 0) is 17.7 Å². The lowest BCUT2D eigenvalue weighted by molar-refractivity contribution is -0.387. The van der Waals surface area contributed by atoms with E-state index in [4.69, 9.17) is 16.3 Å². The van der Waals surface area contributed by atoms with Crippen molar-refractivity contribution >= 4 is 23.2 Å². The van der Waals surface area contributed by atoms with E-state index < -0.39 is 16.4 Å². The monoisotopic (exact) mass is 313 g/mol. The number of rotatable bonds is 4. The zero-order chi connectivity index (χ0) is 15.6. The van der Waals surface area contributed by atoms with Gasteiger partial charge in [-0.15, -0.1) is 0 Å². The van der Waals surface area contributed by atoms with Gasteiger partial charge in [-0.2, -0.15) is 19.3 Å². The van der Waals surface area contributed by atoms with Crippen LogP contribution in [-0.4, -0.2) is 34.0 Å². The molecule has 0 saturated heterocycles. The third-order valence-electron chi connectivity index (χ3n) is 2.30. The lowest BCUT2D eigenvalue weighted by Crippen LogP contribution is -2.13. The number of nitrogens with zero attached hydrogens (tertiary/aromatic N) is 5. The Bertz CT molecular complexity index is 698. The third-order valence-corrected chi connectivity index (χ3v) is 2.47. The fourth-order valence-electron chi connectivity index (χ4n) is 1.37. The SMILES string of the molecule is CN(C)c1nc(Cl)nc(Oc2ccc([N+](=O)[O-])c(F)c2)n1. The zero-order valence-electron chi connectivity index (χ0n) is 10.9. The van der Waals surface area contributed by atoms with Crippen LogP contribution in [0.25, 0.3) is 0 Å². The van der Waals surface area contributed by atoms with Crippen LogP contribution in [0.15, 0.2) is 18.2 Å². The predicted molar refractivity (Wildman–Crippen MR) is 72.3 cm³/mol. The van der Waals surface area contributed by atoms with Crippen molar-refractivity contribution in [2.45, 2.75) is 0 Å². The molecule has 0 radical (unpaired) electrons. The largest absolute Gasteiger partial charge is 0.424 e. The minimum Gasteiger partial charge on any atom is -0.424 e. The minimum atomic E-state index is -1.02. The van der Waals surface area contributed by atoms with Crippen LogP contribution in [0.5, 0.6) is 11.8 Å². The number of aromatic nitrogens is 3. The summed E-state index contributed by atoms with van der Waals surface area (Å²) in [6.45, 7) is 0. The number of anilines is 1. The molecule has 2 rings (SSSR count). The highest BCUT2D eigenvalue weighted by atomic mass is 35.5. The second kappa shape index (κ2) is 5.83. The molecule has 0 aliphatic rings. The first-order valence-corrected chi connectivity index (χ1v) is 5.95. The van der Waals surface area contributed by atoms with Gasteiger partial charge in [-0.1, -0.05) is 0 Å². The Morgan fingerprint density at radius 3 is 2.62 bits per heavy atom. The van der Waals surface area contributed by atoms with Crippen LogP contribution in [0, 0.1) is 15.9 Å². The molecule has 0 atom stereocenters. The average Bonchev–Trinajstić information content (AvgIpc) is 2.37. The summed E-state index contributed by atoms with van der Waals surface area (Å²) in [5.41, 5.74) is -0.648. The van der Waals surface area contributed by atoms with Crippen LogP contribution >= 0.6 is 11.6 Å². The highest BCUT2D eigenvalue weighted by Crippen LogP contribution is 2.26. The third kappa shape index (κ3) is 3.51. The van der Waals surface area contributed by atoms with Gasteiger partial charge >= 0.3 is 11.7 Å². The van der Waals surface area contributed by atoms with Gasteiger partial charge in [0.25, 0.3) is 0 Å². The lowest BCUT2D eigenvalue weighted by Gasteiger charge is -2.11. The topological polar surface area (TPSA) is 94.3 Å². The van der Waals surface area contributed by atoms with Gasteiger partial charge in [-0.3, -0.25) is 10.1 Å². The molecular weight excluding hydrogens is 305 g/mol. The predicted octanol–water partition coefficient (Wildman–Crippen LogP) is 2.43. The molecule has 1 aromatic carbocycles. The molecule has 0 N–H and O–H groups in total. The molecule has 1 aromatic heterocycles. The van der Waals surface area contributed by atoms with Crippen molar-refractivity contribution in [2.24, 2.45) is 0 Å². The van der Waals surface area contributed by atoms with Crippen LogP contribution in [0.1, 0.15) is 0 Å². The van der Waals surface area contributed by atoms with Crippen LogP contribution in [-0.2, 0) is 0 Å². The van der Waals surface area contributed by atoms with Crippen molar-refractivity contribution in [1.29, 1.82) is 0 Å². The first-order chi connectivity index (χ1) is 9.86. The van der Waals surface area contributed by atoms with Gasteiger partial charge in [0.1, 0.15) is 5.75 Å². The lowest BCUT2D eigenvalue weighted by atomic mass is 10.3. The molecule has 2 aromatic rings. The summed E-state index contributed by atoms with van der Waals surface area (Å²) < 4.78 is 18.7. The summed E-state index contributed by atoms with van der Waals surface area (Å²) in [5, 5.41) is 10.4. The Hall–Kier alpha value is -2.55. The number of nitro benzene ring substituents is 1. The number of ether oxygens (including phenoxy) is 1. The molecule has 10 heteroatoms. The Morgan fingerprint density at radius 1 is 1.33 bits per heavy atom. The molecule has 0 fully saturated rings. The summed E-state index contributed by atoms with van der Waals surface area (Å²) in [5.74, 6) is -0.761. The van der Waals surface area contributed by atoms with Crippen molar-refractivity contribution in [3.63, 3.8) is 0 Å². The molecule has 0 saturated carbocycles. The summed E-state index contributed by atoms with van der Waals surface area (Å²) in [6.07, 6.45) is 0.